The highest BCUT2D eigenvalue weighted by molar-refractivity contribution is 6.12. The average molecular weight is 687 g/mol. The van der Waals surface area contributed by atoms with Gasteiger partial charge in [0.25, 0.3) is 0 Å². The molecule has 2 aromatic heterocycles. The van der Waals surface area contributed by atoms with Crippen molar-refractivity contribution >= 4 is 43.6 Å². The molecule has 0 fully saturated rings. The Balaban J connectivity index is 1.31. The zero-order chi connectivity index (χ0) is 36.2. The molecule has 54 heavy (non-hydrogen) atoms. The van der Waals surface area contributed by atoms with Crippen molar-refractivity contribution in [3.8, 4) is 56.9 Å². The summed E-state index contributed by atoms with van der Waals surface area (Å²) in [7, 11) is 0. The van der Waals surface area contributed by atoms with Crippen LogP contribution in [0.1, 0.15) is 11.1 Å². The molecule has 250 valence electrons. The van der Waals surface area contributed by atoms with E-state index in [1.165, 1.54) is 21.8 Å². The van der Waals surface area contributed by atoms with E-state index in [0.717, 1.165) is 61.0 Å². The molecular weight excluding hydrogens is 657 g/mol. The van der Waals surface area contributed by atoms with Gasteiger partial charge in [-0.3, -0.25) is 0 Å². The second-order valence-corrected chi connectivity index (χ2v) is 13.5. The minimum Gasteiger partial charge on any atom is -0.309 e. The lowest BCUT2D eigenvalue weighted by Crippen LogP contribution is -2.01. The number of hydrogen-bond acceptors (Lipinski definition) is 2. The number of hydrogen-bond donors (Lipinski definition) is 0. The van der Waals surface area contributed by atoms with Crippen LogP contribution in [0.25, 0.3) is 88.4 Å². The van der Waals surface area contributed by atoms with Crippen molar-refractivity contribution in [3.63, 3.8) is 0 Å². The molecule has 8 aromatic carbocycles. The predicted molar refractivity (Wildman–Crippen MR) is 221 cm³/mol. The van der Waals surface area contributed by atoms with Crippen LogP contribution in [0.5, 0.6) is 0 Å². The second kappa shape index (κ2) is 12.5. The smallest absolute Gasteiger partial charge is 0.0998 e. The summed E-state index contributed by atoms with van der Waals surface area (Å²) in [5.74, 6) is 0. The van der Waals surface area contributed by atoms with Crippen LogP contribution in [0, 0.1) is 22.7 Å². The summed E-state index contributed by atoms with van der Waals surface area (Å²) in [6.07, 6.45) is 0. The van der Waals surface area contributed by atoms with Crippen LogP contribution in [0.3, 0.4) is 0 Å². The molecule has 0 atom stereocenters. The molecule has 0 unspecified atom stereocenters. The summed E-state index contributed by atoms with van der Waals surface area (Å²) < 4.78 is 4.72. The molecule has 0 saturated heterocycles. The number of aromatic nitrogens is 2. The van der Waals surface area contributed by atoms with Gasteiger partial charge in [0, 0.05) is 44.0 Å². The first-order chi connectivity index (χ1) is 26.7. The maximum atomic E-state index is 10.4. The van der Waals surface area contributed by atoms with Gasteiger partial charge in [0.15, 0.2) is 0 Å². The van der Waals surface area contributed by atoms with Gasteiger partial charge in [-0.2, -0.15) is 10.5 Å². The Morgan fingerprint density at radius 3 is 1.26 bits per heavy atom. The largest absolute Gasteiger partial charge is 0.309 e. The summed E-state index contributed by atoms with van der Waals surface area (Å²) >= 11 is 0. The molecule has 0 bridgehead atoms. The standard InChI is InChI=1S/C50H30N4/c51-31-35-18-13-19-36(32-52)49(35)50-42(33-14-3-1-4-15-33)29-38(30-43(50)34-16-5-2-6-17-34)54-47-25-12-9-22-41(47)44-28-37(26-27-48(44)54)53-45-23-10-7-20-39(45)40-21-8-11-24-46(40)53/h1-30H. The normalized spacial score (nSPS) is 11.3. The fraction of sp³-hybridized carbons (Fsp3) is 0. The zero-order valence-electron chi connectivity index (χ0n) is 29.1. The number of nitriles is 2. The molecule has 0 radical (unpaired) electrons. The lowest BCUT2D eigenvalue weighted by Gasteiger charge is -2.21. The van der Waals surface area contributed by atoms with Crippen molar-refractivity contribution in [2.24, 2.45) is 0 Å². The first-order valence-electron chi connectivity index (χ1n) is 18.0. The quantitative estimate of drug-likeness (QED) is 0.181. The molecule has 10 aromatic rings. The molecule has 2 heterocycles. The van der Waals surface area contributed by atoms with Crippen molar-refractivity contribution in [2.75, 3.05) is 0 Å². The molecular formula is C50H30N4. The monoisotopic (exact) mass is 686 g/mol. The van der Waals surface area contributed by atoms with E-state index < -0.39 is 0 Å². The summed E-state index contributed by atoms with van der Waals surface area (Å²) in [6.45, 7) is 0. The van der Waals surface area contributed by atoms with Gasteiger partial charge in [-0.15, -0.1) is 0 Å². The molecule has 0 amide bonds. The lowest BCUT2D eigenvalue weighted by atomic mass is 9.83. The molecule has 4 nitrogen and oxygen atoms in total. The predicted octanol–water partition coefficient (Wildman–Crippen LogP) is 12.6. The highest BCUT2D eigenvalue weighted by atomic mass is 15.0. The van der Waals surface area contributed by atoms with E-state index in [1.807, 2.05) is 36.4 Å². The Kier molecular flexibility index (Phi) is 7.22. The maximum Gasteiger partial charge on any atom is 0.0998 e. The van der Waals surface area contributed by atoms with Gasteiger partial charge in [0.05, 0.1) is 45.3 Å². The summed E-state index contributed by atoms with van der Waals surface area (Å²) in [5.41, 5.74) is 12.9. The van der Waals surface area contributed by atoms with Gasteiger partial charge >= 0.3 is 0 Å². The van der Waals surface area contributed by atoms with Crippen LogP contribution in [-0.4, -0.2) is 9.13 Å². The topological polar surface area (TPSA) is 57.4 Å². The minimum absolute atomic E-state index is 0.464. The van der Waals surface area contributed by atoms with Gasteiger partial charge in [0.2, 0.25) is 0 Å². The third kappa shape index (κ3) is 4.76. The van der Waals surface area contributed by atoms with Crippen LogP contribution in [-0.2, 0) is 0 Å². The number of fused-ring (bicyclic) bond motifs is 6. The van der Waals surface area contributed by atoms with Crippen molar-refractivity contribution in [1.29, 1.82) is 10.5 Å². The second-order valence-electron chi connectivity index (χ2n) is 13.5. The number of benzene rings is 8. The van der Waals surface area contributed by atoms with Gasteiger partial charge in [-0.1, -0.05) is 121 Å². The van der Waals surface area contributed by atoms with E-state index in [-0.39, 0.29) is 0 Å². The molecule has 4 heteroatoms. The van der Waals surface area contributed by atoms with Crippen molar-refractivity contribution < 1.29 is 0 Å². The fourth-order valence-corrected chi connectivity index (χ4v) is 8.30. The van der Waals surface area contributed by atoms with Gasteiger partial charge in [-0.05, 0) is 82.9 Å². The third-order valence-corrected chi connectivity index (χ3v) is 10.6. The molecule has 0 aliphatic carbocycles. The Bertz CT molecular complexity index is 3020. The van der Waals surface area contributed by atoms with E-state index in [0.29, 0.717) is 16.7 Å². The van der Waals surface area contributed by atoms with E-state index >= 15 is 0 Å². The Morgan fingerprint density at radius 2 is 0.759 bits per heavy atom. The zero-order valence-corrected chi connectivity index (χ0v) is 29.1. The van der Waals surface area contributed by atoms with Gasteiger partial charge in [-0.25, -0.2) is 0 Å². The van der Waals surface area contributed by atoms with Crippen LogP contribution < -0.4 is 0 Å². The Hall–Kier alpha value is -7.66. The molecule has 0 aliphatic heterocycles. The number of nitrogens with zero attached hydrogens (tertiary/aromatic N) is 4. The maximum absolute atomic E-state index is 10.4. The molecule has 0 spiro atoms. The number of rotatable bonds is 5. The van der Waals surface area contributed by atoms with Gasteiger partial charge < -0.3 is 9.13 Å². The third-order valence-electron chi connectivity index (χ3n) is 10.6. The minimum atomic E-state index is 0.464. The molecule has 10 rings (SSSR count). The van der Waals surface area contributed by atoms with E-state index in [1.54, 1.807) is 18.2 Å². The average Bonchev–Trinajstić information content (AvgIpc) is 3.76. The first-order valence-corrected chi connectivity index (χ1v) is 18.0. The molecule has 0 N–H and O–H groups in total. The van der Waals surface area contributed by atoms with Crippen LogP contribution >= 0.6 is 0 Å². The van der Waals surface area contributed by atoms with Crippen molar-refractivity contribution in [1.82, 2.24) is 9.13 Å². The SMILES string of the molecule is N#Cc1cccc(C#N)c1-c1c(-c2ccccc2)cc(-n2c3ccccc3c3cc(-n4c5ccccc5c5ccccc54)ccc32)cc1-c1ccccc1. The van der Waals surface area contributed by atoms with Crippen LogP contribution in [0.4, 0.5) is 0 Å². The van der Waals surface area contributed by atoms with Crippen molar-refractivity contribution in [2.45, 2.75) is 0 Å². The fourth-order valence-electron chi connectivity index (χ4n) is 8.30. The van der Waals surface area contributed by atoms with Crippen molar-refractivity contribution in [3.05, 3.63) is 193 Å². The summed E-state index contributed by atoms with van der Waals surface area (Å²) in [5, 5.41) is 25.6. The Morgan fingerprint density at radius 1 is 0.333 bits per heavy atom. The highest BCUT2D eigenvalue weighted by Crippen LogP contribution is 2.46. The Labute approximate surface area is 312 Å². The highest BCUT2D eigenvalue weighted by Gasteiger charge is 2.24. The van der Waals surface area contributed by atoms with Gasteiger partial charge in [0.1, 0.15) is 0 Å². The first kappa shape index (κ1) is 31.1. The van der Waals surface area contributed by atoms with E-state index in [4.69, 9.17) is 0 Å². The van der Waals surface area contributed by atoms with Crippen LogP contribution in [0.2, 0.25) is 0 Å². The number of para-hydroxylation sites is 3. The van der Waals surface area contributed by atoms with E-state index in [9.17, 15) is 10.5 Å². The molecule has 0 aliphatic rings. The van der Waals surface area contributed by atoms with Crippen LogP contribution in [0.15, 0.2) is 182 Å². The van der Waals surface area contributed by atoms with E-state index in [2.05, 4.69) is 149 Å². The summed E-state index contributed by atoms with van der Waals surface area (Å²) in [4.78, 5) is 0. The molecule has 0 saturated carbocycles. The summed E-state index contributed by atoms with van der Waals surface area (Å²) in [6, 6.07) is 67.8. The lowest BCUT2D eigenvalue weighted by molar-refractivity contribution is 1.17.